The van der Waals surface area contributed by atoms with Crippen LogP contribution in [-0.2, 0) is 14.3 Å². The van der Waals surface area contributed by atoms with Crippen LogP contribution >= 0.6 is 46.4 Å². The molecule has 1 atom stereocenters. The van der Waals surface area contributed by atoms with E-state index in [0.29, 0.717) is 10.7 Å². The lowest BCUT2D eigenvalue weighted by molar-refractivity contribution is -0.143. The second-order valence-electron chi connectivity index (χ2n) is 4.74. The van der Waals surface area contributed by atoms with Gasteiger partial charge in [0.25, 0.3) is 0 Å². The summed E-state index contributed by atoms with van der Waals surface area (Å²) in [6.45, 7) is 1.82. The van der Waals surface area contributed by atoms with E-state index in [0.717, 1.165) is 5.56 Å². The third kappa shape index (κ3) is 2.81. The Hall–Kier alpha value is -0.940. The summed E-state index contributed by atoms with van der Waals surface area (Å²) in [6, 6.07) is 4.97. The van der Waals surface area contributed by atoms with Crippen molar-refractivity contribution in [2.75, 3.05) is 12.0 Å². The molecule has 1 aromatic carbocycles. The van der Waals surface area contributed by atoms with Gasteiger partial charge in [0.15, 0.2) is 4.87 Å². The maximum atomic E-state index is 12.4. The molecule has 0 aromatic heterocycles. The van der Waals surface area contributed by atoms with Gasteiger partial charge in [0.2, 0.25) is 5.91 Å². The monoisotopic (exact) mass is 381 g/mol. The number of alkyl halides is 1. The highest BCUT2D eigenvalue weighted by atomic mass is 35.5. The fourth-order valence-electron chi connectivity index (χ4n) is 2.23. The number of carbonyl (C=O) groups is 2. The van der Waals surface area contributed by atoms with E-state index < -0.39 is 16.8 Å². The molecule has 1 saturated heterocycles. The Balaban J connectivity index is 2.61. The quantitative estimate of drug-likeness (QED) is 0.569. The third-order valence-corrected chi connectivity index (χ3v) is 4.58. The number of esters is 1. The van der Waals surface area contributed by atoms with Gasteiger partial charge in [-0.2, -0.15) is 0 Å². The molecule has 0 saturated carbocycles. The van der Waals surface area contributed by atoms with Crippen LogP contribution in [-0.4, -0.2) is 23.9 Å². The molecule has 2 rings (SSSR count). The van der Waals surface area contributed by atoms with Crippen molar-refractivity contribution >= 4 is 64.0 Å². The van der Waals surface area contributed by atoms with E-state index in [2.05, 4.69) is 4.74 Å². The minimum atomic E-state index is -1.76. The molecule has 0 aliphatic carbocycles. The van der Waals surface area contributed by atoms with Crippen LogP contribution in [0.25, 0.3) is 0 Å². The molecule has 1 aliphatic heterocycles. The number of ether oxygens (including phenoxy) is 1. The SMILES string of the molecule is COC(=O)C1(Cl)CC(=O)N(c2ccc(C)c(Cl)c2)C1=C(Cl)Cl. The van der Waals surface area contributed by atoms with Crippen LogP contribution in [0.2, 0.25) is 5.02 Å². The average Bonchev–Trinajstić information content (AvgIpc) is 2.73. The molecule has 1 amide bonds. The van der Waals surface area contributed by atoms with Crippen LogP contribution in [0, 0.1) is 6.92 Å². The van der Waals surface area contributed by atoms with E-state index >= 15 is 0 Å². The first-order valence-corrected chi connectivity index (χ1v) is 7.65. The van der Waals surface area contributed by atoms with Gasteiger partial charge in [0.1, 0.15) is 4.49 Å². The van der Waals surface area contributed by atoms with Gasteiger partial charge in [-0.15, -0.1) is 0 Å². The standard InChI is InChI=1S/C14H11Cl4NO3/c1-7-3-4-8(5-9(7)15)19-10(20)6-14(18,13(21)22-2)11(19)12(16)17/h3-5H,6H2,1-2H3. The van der Waals surface area contributed by atoms with Crippen LogP contribution in [0.1, 0.15) is 12.0 Å². The number of amides is 1. The van der Waals surface area contributed by atoms with Crippen molar-refractivity contribution in [2.45, 2.75) is 18.2 Å². The first kappa shape index (κ1) is 17.4. The number of nitrogens with zero attached hydrogens (tertiary/aromatic N) is 1. The van der Waals surface area contributed by atoms with Crippen LogP contribution < -0.4 is 4.90 Å². The van der Waals surface area contributed by atoms with Crippen LogP contribution in [0.5, 0.6) is 0 Å². The molecular formula is C14H11Cl4NO3. The fourth-order valence-corrected chi connectivity index (χ4v) is 3.37. The predicted molar refractivity (Wildman–Crippen MR) is 87.6 cm³/mol. The normalized spacial score (nSPS) is 21.3. The molecule has 1 fully saturated rings. The first-order chi connectivity index (χ1) is 10.2. The lowest BCUT2D eigenvalue weighted by atomic mass is 10.1. The van der Waals surface area contributed by atoms with Gasteiger partial charge >= 0.3 is 5.97 Å². The average molecular weight is 383 g/mol. The highest BCUT2D eigenvalue weighted by Gasteiger charge is 2.55. The van der Waals surface area contributed by atoms with E-state index in [1.54, 1.807) is 18.2 Å². The van der Waals surface area contributed by atoms with Crippen molar-refractivity contribution in [3.63, 3.8) is 0 Å². The van der Waals surface area contributed by atoms with Crippen LogP contribution in [0.15, 0.2) is 28.4 Å². The Morgan fingerprint density at radius 2 is 2.00 bits per heavy atom. The van der Waals surface area contributed by atoms with Crippen molar-refractivity contribution in [2.24, 2.45) is 0 Å². The lowest BCUT2D eigenvalue weighted by Gasteiger charge is -2.24. The van der Waals surface area contributed by atoms with Crippen molar-refractivity contribution < 1.29 is 14.3 Å². The fraction of sp³-hybridized carbons (Fsp3) is 0.286. The summed E-state index contributed by atoms with van der Waals surface area (Å²) in [5.74, 6) is -1.24. The minimum absolute atomic E-state index is 0.0331. The van der Waals surface area contributed by atoms with Crippen molar-refractivity contribution in [1.29, 1.82) is 0 Å². The van der Waals surface area contributed by atoms with Gasteiger partial charge in [-0.05, 0) is 24.6 Å². The van der Waals surface area contributed by atoms with Gasteiger partial charge in [0.05, 0.1) is 24.9 Å². The predicted octanol–water partition coefficient (Wildman–Crippen LogP) is 4.18. The summed E-state index contributed by atoms with van der Waals surface area (Å²) < 4.78 is 4.38. The van der Waals surface area contributed by atoms with Gasteiger partial charge in [-0.1, -0.05) is 52.5 Å². The summed E-state index contributed by atoms with van der Waals surface area (Å²) in [7, 11) is 1.17. The highest BCUT2D eigenvalue weighted by Crippen LogP contribution is 2.46. The number of aryl methyl sites for hydroxylation is 1. The molecule has 8 heteroatoms. The van der Waals surface area contributed by atoms with Gasteiger partial charge in [-0.3, -0.25) is 9.69 Å². The van der Waals surface area contributed by atoms with E-state index in [1.165, 1.54) is 12.0 Å². The molecule has 4 nitrogen and oxygen atoms in total. The van der Waals surface area contributed by atoms with Gasteiger partial charge in [0, 0.05) is 5.02 Å². The molecule has 0 N–H and O–H groups in total. The number of carbonyl (C=O) groups excluding carboxylic acids is 2. The van der Waals surface area contributed by atoms with Crippen molar-refractivity contribution in [1.82, 2.24) is 0 Å². The highest BCUT2D eigenvalue weighted by molar-refractivity contribution is 6.58. The molecule has 1 heterocycles. The van der Waals surface area contributed by atoms with E-state index in [1.807, 2.05) is 6.92 Å². The summed E-state index contributed by atoms with van der Waals surface area (Å²) >= 11 is 24.1. The summed E-state index contributed by atoms with van der Waals surface area (Å²) in [5.41, 5.74) is 1.22. The molecule has 0 bridgehead atoms. The summed E-state index contributed by atoms with van der Waals surface area (Å²) in [4.78, 5) is 23.8. The molecule has 1 unspecified atom stereocenters. The molecule has 0 radical (unpaired) electrons. The number of anilines is 1. The zero-order chi connectivity index (χ0) is 16.7. The third-order valence-electron chi connectivity index (χ3n) is 3.34. The van der Waals surface area contributed by atoms with Gasteiger partial charge in [-0.25, -0.2) is 4.79 Å². The van der Waals surface area contributed by atoms with Gasteiger partial charge < -0.3 is 4.74 Å². The van der Waals surface area contributed by atoms with E-state index in [4.69, 9.17) is 46.4 Å². The Morgan fingerprint density at radius 1 is 1.36 bits per heavy atom. The Kier molecular flexibility index (Phi) is 4.97. The zero-order valence-electron chi connectivity index (χ0n) is 11.6. The van der Waals surface area contributed by atoms with Crippen LogP contribution in [0.3, 0.4) is 0 Å². The summed E-state index contributed by atoms with van der Waals surface area (Å²) in [5, 5.41) is 0.459. The largest absolute Gasteiger partial charge is 0.467 e. The first-order valence-electron chi connectivity index (χ1n) is 6.14. The maximum absolute atomic E-state index is 12.4. The maximum Gasteiger partial charge on any atom is 0.333 e. The second-order valence-corrected chi connectivity index (χ2v) is 6.74. The number of rotatable bonds is 2. The number of benzene rings is 1. The molecule has 1 aromatic rings. The number of halogens is 4. The van der Waals surface area contributed by atoms with Crippen molar-refractivity contribution in [3.05, 3.63) is 39.0 Å². The number of hydrogen-bond donors (Lipinski definition) is 0. The molecule has 22 heavy (non-hydrogen) atoms. The Morgan fingerprint density at radius 3 is 2.50 bits per heavy atom. The number of methoxy groups -OCH3 is 1. The molecule has 0 spiro atoms. The summed E-state index contributed by atoms with van der Waals surface area (Å²) in [6.07, 6.45) is -0.314. The second kappa shape index (κ2) is 6.28. The lowest BCUT2D eigenvalue weighted by Crippen LogP contribution is -2.35. The molecular weight excluding hydrogens is 372 g/mol. The minimum Gasteiger partial charge on any atom is -0.467 e. The Labute approximate surface area is 147 Å². The van der Waals surface area contributed by atoms with E-state index in [-0.39, 0.29) is 16.6 Å². The smallest absolute Gasteiger partial charge is 0.333 e. The molecule has 118 valence electrons. The number of hydrogen-bond acceptors (Lipinski definition) is 3. The van der Waals surface area contributed by atoms with Crippen molar-refractivity contribution in [3.8, 4) is 0 Å². The zero-order valence-corrected chi connectivity index (χ0v) is 14.6. The van der Waals surface area contributed by atoms with Crippen LogP contribution in [0.4, 0.5) is 5.69 Å². The van der Waals surface area contributed by atoms with E-state index in [9.17, 15) is 9.59 Å². The molecule has 1 aliphatic rings. The topological polar surface area (TPSA) is 46.6 Å². The Bertz CT molecular complexity index is 685.